The number of benzene rings is 2. The molecule has 0 spiro atoms. The fourth-order valence-electron chi connectivity index (χ4n) is 2.38. The van der Waals surface area contributed by atoms with Crippen LogP contribution in [-0.4, -0.2) is 24.2 Å². The van der Waals surface area contributed by atoms with Crippen molar-refractivity contribution in [3.05, 3.63) is 62.9 Å². The number of methoxy groups -OCH3 is 1. The highest BCUT2D eigenvalue weighted by Gasteiger charge is 2.14. The van der Waals surface area contributed by atoms with Gasteiger partial charge < -0.3 is 9.30 Å². The molecule has 0 radical (unpaired) electrons. The molecule has 0 bridgehead atoms. The molecule has 1 amide bonds. The molecule has 0 unspecified atom stereocenters. The summed E-state index contributed by atoms with van der Waals surface area (Å²) >= 11 is 4.36. The van der Waals surface area contributed by atoms with Crippen LogP contribution in [0.25, 0.3) is 10.2 Å². The summed E-state index contributed by atoms with van der Waals surface area (Å²) in [6, 6.07) is 8.87. The molecule has 4 nitrogen and oxygen atoms in total. The number of hydrogen-bond acceptors (Lipinski definition) is 3. The van der Waals surface area contributed by atoms with Crippen molar-refractivity contribution in [3.63, 3.8) is 0 Å². The van der Waals surface area contributed by atoms with Crippen molar-refractivity contribution in [2.24, 2.45) is 4.99 Å². The van der Waals surface area contributed by atoms with Gasteiger partial charge in [-0.25, -0.2) is 8.78 Å². The van der Waals surface area contributed by atoms with E-state index in [0.717, 1.165) is 21.9 Å². The van der Waals surface area contributed by atoms with Crippen LogP contribution < -0.4 is 4.80 Å². The summed E-state index contributed by atoms with van der Waals surface area (Å²) in [7, 11) is 1.52. The van der Waals surface area contributed by atoms with E-state index >= 15 is 0 Å². The average Bonchev–Trinajstić information content (AvgIpc) is 2.90. The summed E-state index contributed by atoms with van der Waals surface area (Å²) in [6.07, 6.45) is 0. The van der Waals surface area contributed by atoms with E-state index in [1.54, 1.807) is 24.3 Å². The van der Waals surface area contributed by atoms with E-state index in [4.69, 9.17) is 4.74 Å². The minimum Gasteiger partial charge on any atom is -0.383 e. The highest BCUT2D eigenvalue weighted by Crippen LogP contribution is 2.22. The maximum Gasteiger partial charge on any atom is 0.279 e. The van der Waals surface area contributed by atoms with Crippen LogP contribution in [0.2, 0.25) is 0 Å². The number of aromatic nitrogens is 1. The number of thiazole rings is 1. The molecule has 130 valence electrons. The van der Waals surface area contributed by atoms with Gasteiger partial charge in [0.2, 0.25) is 0 Å². The van der Waals surface area contributed by atoms with Gasteiger partial charge in [-0.2, -0.15) is 4.99 Å². The van der Waals surface area contributed by atoms with Crippen molar-refractivity contribution in [1.29, 1.82) is 0 Å². The molecular weight excluding hydrogens is 414 g/mol. The van der Waals surface area contributed by atoms with Gasteiger partial charge in [0.25, 0.3) is 5.91 Å². The summed E-state index contributed by atoms with van der Waals surface area (Å²) in [5.41, 5.74) is 0.612. The molecule has 0 aliphatic heterocycles. The van der Waals surface area contributed by atoms with Crippen LogP contribution in [0.5, 0.6) is 0 Å². The fourth-order valence-corrected chi connectivity index (χ4v) is 3.87. The third kappa shape index (κ3) is 3.86. The second-order valence-electron chi connectivity index (χ2n) is 5.19. The molecule has 1 aromatic heterocycles. The van der Waals surface area contributed by atoms with Crippen LogP contribution in [0.4, 0.5) is 8.78 Å². The first-order chi connectivity index (χ1) is 12.0. The summed E-state index contributed by atoms with van der Waals surface area (Å²) in [5, 5.41) is 0. The van der Waals surface area contributed by atoms with Crippen LogP contribution in [0, 0.1) is 11.6 Å². The second-order valence-corrected chi connectivity index (χ2v) is 7.12. The Bertz CT molecular complexity index is 1010. The zero-order valence-corrected chi connectivity index (χ0v) is 15.5. The zero-order chi connectivity index (χ0) is 18.0. The summed E-state index contributed by atoms with van der Waals surface area (Å²) in [5.74, 6) is -1.83. The van der Waals surface area contributed by atoms with Gasteiger partial charge in [-0.1, -0.05) is 33.3 Å². The Labute approximate surface area is 154 Å². The summed E-state index contributed by atoms with van der Waals surface area (Å²) in [6.45, 7) is 0.602. The maximum absolute atomic E-state index is 14.2. The van der Waals surface area contributed by atoms with Gasteiger partial charge in [-0.15, -0.1) is 0 Å². The fraction of sp³-hybridized carbons (Fsp3) is 0.176. The number of hydrogen-bond donors (Lipinski definition) is 0. The number of rotatable bonds is 4. The number of carbonyl (C=O) groups is 1. The predicted molar refractivity (Wildman–Crippen MR) is 95.6 cm³/mol. The first-order valence-corrected chi connectivity index (χ1v) is 8.92. The Balaban J connectivity index is 2.17. The third-order valence-electron chi connectivity index (χ3n) is 3.48. The van der Waals surface area contributed by atoms with E-state index in [1.165, 1.54) is 17.7 Å². The monoisotopic (exact) mass is 426 g/mol. The van der Waals surface area contributed by atoms with Gasteiger partial charge in [0.05, 0.1) is 16.8 Å². The Hall–Kier alpha value is -1.90. The summed E-state index contributed by atoms with van der Waals surface area (Å²) < 4.78 is 35.4. The van der Waals surface area contributed by atoms with Crippen molar-refractivity contribution >= 4 is 43.4 Å². The first kappa shape index (κ1) is 17.9. The third-order valence-corrected chi connectivity index (χ3v) is 5.00. The van der Waals surface area contributed by atoms with Gasteiger partial charge in [-0.3, -0.25) is 4.79 Å². The molecule has 0 N–H and O–H groups in total. The van der Waals surface area contributed by atoms with E-state index in [0.29, 0.717) is 28.2 Å². The lowest BCUT2D eigenvalue weighted by Crippen LogP contribution is -2.19. The highest BCUT2D eigenvalue weighted by atomic mass is 79.9. The van der Waals surface area contributed by atoms with Crippen molar-refractivity contribution in [3.8, 4) is 0 Å². The molecular formula is C17H13BrF2N2O2S. The summed E-state index contributed by atoms with van der Waals surface area (Å²) in [4.78, 5) is 16.8. The molecule has 0 aliphatic carbocycles. The number of amides is 1. The van der Waals surface area contributed by atoms with Gasteiger partial charge in [0.1, 0.15) is 5.82 Å². The lowest BCUT2D eigenvalue weighted by atomic mass is 10.2. The quantitative estimate of drug-likeness (QED) is 0.629. The molecule has 0 fully saturated rings. The second kappa shape index (κ2) is 7.55. The number of ether oxygens (including phenoxy) is 1. The lowest BCUT2D eigenvalue weighted by Gasteiger charge is -2.05. The molecule has 0 saturated carbocycles. The van der Waals surface area contributed by atoms with Crippen LogP contribution in [-0.2, 0) is 11.3 Å². The molecule has 0 atom stereocenters. The largest absolute Gasteiger partial charge is 0.383 e. The zero-order valence-electron chi connectivity index (χ0n) is 13.1. The molecule has 0 aliphatic rings. The van der Waals surface area contributed by atoms with E-state index < -0.39 is 17.5 Å². The van der Waals surface area contributed by atoms with Gasteiger partial charge in [-0.05, 0) is 24.3 Å². The lowest BCUT2D eigenvalue weighted by molar-refractivity contribution is 0.0997. The van der Waals surface area contributed by atoms with E-state index in [-0.39, 0.29) is 5.52 Å². The van der Waals surface area contributed by atoms with Gasteiger partial charge in [0.15, 0.2) is 10.6 Å². The van der Waals surface area contributed by atoms with E-state index in [1.807, 2.05) is 0 Å². The normalized spacial score (nSPS) is 12.1. The number of nitrogens with zero attached hydrogens (tertiary/aromatic N) is 2. The molecule has 1 heterocycles. The smallest absolute Gasteiger partial charge is 0.279 e. The highest BCUT2D eigenvalue weighted by molar-refractivity contribution is 9.10. The Morgan fingerprint density at radius 3 is 2.84 bits per heavy atom. The van der Waals surface area contributed by atoms with E-state index in [2.05, 4.69) is 20.9 Å². The average molecular weight is 427 g/mol. The van der Waals surface area contributed by atoms with Crippen molar-refractivity contribution < 1.29 is 18.3 Å². The minimum atomic E-state index is -0.696. The molecule has 2 aromatic carbocycles. The Morgan fingerprint density at radius 2 is 2.12 bits per heavy atom. The number of fused-ring (bicyclic) bond motifs is 1. The molecule has 8 heteroatoms. The first-order valence-electron chi connectivity index (χ1n) is 7.31. The molecule has 3 aromatic rings. The van der Waals surface area contributed by atoms with Crippen LogP contribution in [0.3, 0.4) is 0 Å². The predicted octanol–water partition coefficient (Wildman–Crippen LogP) is 4.13. The molecule has 0 saturated heterocycles. The van der Waals surface area contributed by atoms with Crippen molar-refractivity contribution in [2.45, 2.75) is 6.54 Å². The SMILES string of the molecule is COCCn1c(=NC(=O)c2cccc(Br)c2)sc2cc(F)cc(F)c21. The topological polar surface area (TPSA) is 43.6 Å². The standard InChI is InChI=1S/C17H13BrF2N2O2S/c1-24-6-5-22-15-13(20)8-12(19)9-14(15)25-17(22)21-16(23)10-3-2-4-11(18)7-10/h2-4,7-9H,5-6H2,1H3. The van der Waals surface area contributed by atoms with Crippen molar-refractivity contribution in [1.82, 2.24) is 4.57 Å². The molecule has 3 rings (SSSR count). The number of halogens is 3. The van der Waals surface area contributed by atoms with Gasteiger partial charge in [0, 0.05) is 29.8 Å². The van der Waals surface area contributed by atoms with Crippen LogP contribution in [0.1, 0.15) is 10.4 Å². The van der Waals surface area contributed by atoms with Crippen LogP contribution >= 0.6 is 27.3 Å². The Morgan fingerprint density at radius 1 is 1.32 bits per heavy atom. The number of carbonyl (C=O) groups excluding carboxylic acids is 1. The molecule has 25 heavy (non-hydrogen) atoms. The maximum atomic E-state index is 14.2. The Kier molecular flexibility index (Phi) is 5.41. The van der Waals surface area contributed by atoms with Crippen molar-refractivity contribution in [2.75, 3.05) is 13.7 Å². The minimum absolute atomic E-state index is 0.212. The van der Waals surface area contributed by atoms with Gasteiger partial charge >= 0.3 is 0 Å². The van der Waals surface area contributed by atoms with E-state index in [9.17, 15) is 13.6 Å². The van der Waals surface area contributed by atoms with Crippen LogP contribution in [0.15, 0.2) is 45.9 Å².